The van der Waals surface area contributed by atoms with E-state index in [1.165, 1.54) is 0 Å². The molecule has 7 nitrogen and oxygen atoms in total. The molecule has 0 aromatic heterocycles. The van der Waals surface area contributed by atoms with Crippen LogP contribution in [0.3, 0.4) is 0 Å². The van der Waals surface area contributed by atoms with Crippen molar-refractivity contribution in [2.75, 3.05) is 52.5 Å². The Hall–Kier alpha value is -3.19. The molecule has 31 heavy (non-hydrogen) atoms. The van der Waals surface area contributed by atoms with E-state index in [0.717, 1.165) is 62.2 Å². The van der Waals surface area contributed by atoms with Crippen LogP contribution in [0.1, 0.15) is 12.5 Å². The molecule has 4 N–H and O–H groups in total. The second-order valence-electron chi connectivity index (χ2n) is 7.53. The van der Waals surface area contributed by atoms with Gasteiger partial charge in [-0.05, 0) is 24.6 Å². The highest BCUT2D eigenvalue weighted by Gasteiger charge is 2.23. The topological polar surface area (TPSA) is 83.3 Å². The Labute approximate surface area is 185 Å². The molecule has 2 saturated heterocycles. The monoisotopic (exact) mass is 422 g/mol. The van der Waals surface area contributed by atoms with Gasteiger partial charge in [-0.1, -0.05) is 43.0 Å². The van der Waals surface area contributed by atoms with Crippen LogP contribution >= 0.6 is 0 Å². The molecule has 7 heteroatoms. The molecule has 2 heterocycles. The standard InChI is InChI=1S/C24H34N6O/c1-3-4-10-27-20(2)28-11-13-30(14-12-28)24(26)23(29-15-17-31-18-16-29)19-22(25)21-8-6-5-7-9-21/h3-10,19H,2,11-18,25-26H2,1H3/b4-3-,22-19-,24-23-,27-10-. The number of morpholine rings is 1. The maximum absolute atomic E-state index is 6.71. The first-order valence-electron chi connectivity index (χ1n) is 10.8. The molecule has 1 aromatic rings. The van der Waals surface area contributed by atoms with Crippen molar-refractivity contribution in [1.29, 1.82) is 0 Å². The van der Waals surface area contributed by atoms with E-state index in [1.54, 1.807) is 6.21 Å². The maximum Gasteiger partial charge on any atom is 0.123 e. The molecule has 0 aliphatic carbocycles. The van der Waals surface area contributed by atoms with Crippen LogP contribution in [0.4, 0.5) is 0 Å². The fourth-order valence-electron chi connectivity index (χ4n) is 3.66. The molecule has 166 valence electrons. The third-order valence-electron chi connectivity index (χ3n) is 5.50. The number of hydrogen-bond acceptors (Lipinski definition) is 7. The van der Waals surface area contributed by atoms with Crippen molar-refractivity contribution >= 4 is 11.9 Å². The number of nitrogens with two attached hydrogens (primary N) is 2. The van der Waals surface area contributed by atoms with Gasteiger partial charge in [-0.15, -0.1) is 0 Å². The van der Waals surface area contributed by atoms with E-state index in [9.17, 15) is 0 Å². The summed E-state index contributed by atoms with van der Waals surface area (Å²) in [6.45, 7) is 12.3. The van der Waals surface area contributed by atoms with Gasteiger partial charge in [-0.2, -0.15) is 0 Å². The summed E-state index contributed by atoms with van der Waals surface area (Å²) in [6, 6.07) is 9.99. The molecule has 0 radical (unpaired) electrons. The van der Waals surface area contributed by atoms with Crippen LogP contribution in [-0.2, 0) is 4.74 Å². The second kappa shape index (κ2) is 11.3. The first kappa shape index (κ1) is 22.5. The minimum Gasteiger partial charge on any atom is -0.398 e. The van der Waals surface area contributed by atoms with Crippen molar-refractivity contribution in [3.63, 3.8) is 0 Å². The molecule has 2 fully saturated rings. The molecule has 0 amide bonds. The molecule has 2 aliphatic heterocycles. The zero-order chi connectivity index (χ0) is 22.1. The Morgan fingerprint density at radius 1 is 0.968 bits per heavy atom. The Morgan fingerprint density at radius 3 is 2.26 bits per heavy atom. The zero-order valence-corrected chi connectivity index (χ0v) is 18.4. The summed E-state index contributed by atoms with van der Waals surface area (Å²) in [7, 11) is 0. The molecule has 2 aliphatic rings. The first-order valence-corrected chi connectivity index (χ1v) is 10.8. The Balaban J connectivity index is 1.78. The quantitative estimate of drug-likeness (QED) is 0.518. The smallest absolute Gasteiger partial charge is 0.123 e. The van der Waals surface area contributed by atoms with E-state index in [2.05, 4.69) is 26.3 Å². The van der Waals surface area contributed by atoms with Gasteiger partial charge in [-0.3, -0.25) is 0 Å². The van der Waals surface area contributed by atoms with Gasteiger partial charge in [0.1, 0.15) is 11.6 Å². The van der Waals surface area contributed by atoms with E-state index in [-0.39, 0.29) is 0 Å². The lowest BCUT2D eigenvalue weighted by atomic mass is 10.1. The lowest BCUT2D eigenvalue weighted by Gasteiger charge is -2.39. The van der Waals surface area contributed by atoms with Gasteiger partial charge < -0.3 is 30.9 Å². The molecule has 0 saturated carbocycles. The molecule has 1 aromatic carbocycles. The minimum atomic E-state index is 0.688. The number of hydrogen-bond donors (Lipinski definition) is 2. The van der Waals surface area contributed by atoms with Crippen LogP contribution in [0.5, 0.6) is 0 Å². The number of aliphatic imine (C=N–C) groups is 1. The summed E-state index contributed by atoms with van der Waals surface area (Å²) < 4.78 is 5.54. The van der Waals surface area contributed by atoms with Gasteiger partial charge in [0.15, 0.2) is 0 Å². The third-order valence-corrected chi connectivity index (χ3v) is 5.50. The van der Waals surface area contributed by atoms with Crippen molar-refractivity contribution in [1.82, 2.24) is 14.7 Å². The summed E-state index contributed by atoms with van der Waals surface area (Å²) in [4.78, 5) is 11.1. The van der Waals surface area contributed by atoms with Gasteiger partial charge in [0.05, 0.1) is 18.9 Å². The summed E-state index contributed by atoms with van der Waals surface area (Å²) in [5.74, 6) is 1.53. The zero-order valence-electron chi connectivity index (χ0n) is 18.4. The third kappa shape index (κ3) is 6.15. The van der Waals surface area contributed by atoms with Crippen LogP contribution < -0.4 is 11.5 Å². The van der Waals surface area contributed by atoms with Gasteiger partial charge in [-0.25, -0.2) is 4.99 Å². The normalized spacial score (nSPS) is 19.3. The van der Waals surface area contributed by atoms with E-state index < -0.39 is 0 Å². The van der Waals surface area contributed by atoms with Crippen LogP contribution in [-0.4, -0.2) is 73.4 Å². The largest absolute Gasteiger partial charge is 0.398 e. The Morgan fingerprint density at radius 2 is 1.61 bits per heavy atom. The van der Waals surface area contributed by atoms with E-state index in [0.29, 0.717) is 18.9 Å². The molecule has 0 unspecified atom stereocenters. The second-order valence-corrected chi connectivity index (χ2v) is 7.53. The minimum absolute atomic E-state index is 0.688. The molecular formula is C24H34N6O. The number of piperazine rings is 1. The summed E-state index contributed by atoms with van der Waals surface area (Å²) >= 11 is 0. The predicted octanol–water partition coefficient (Wildman–Crippen LogP) is 2.18. The predicted molar refractivity (Wildman–Crippen MR) is 128 cm³/mol. The number of benzene rings is 1. The lowest BCUT2D eigenvalue weighted by Crippen LogP contribution is -2.48. The van der Waals surface area contributed by atoms with Crippen LogP contribution in [0, 0.1) is 0 Å². The molecular weight excluding hydrogens is 388 g/mol. The van der Waals surface area contributed by atoms with E-state index in [1.807, 2.05) is 55.5 Å². The lowest BCUT2D eigenvalue weighted by molar-refractivity contribution is 0.0532. The number of allylic oxidation sites excluding steroid dienone is 3. The van der Waals surface area contributed by atoms with Gasteiger partial charge >= 0.3 is 0 Å². The van der Waals surface area contributed by atoms with E-state index in [4.69, 9.17) is 16.2 Å². The highest BCUT2D eigenvalue weighted by molar-refractivity contribution is 5.71. The van der Waals surface area contributed by atoms with Gasteiger partial charge in [0.25, 0.3) is 0 Å². The Bertz CT molecular complexity index is 844. The van der Waals surface area contributed by atoms with Crippen molar-refractivity contribution < 1.29 is 4.74 Å². The number of rotatable bonds is 7. The van der Waals surface area contributed by atoms with Crippen molar-refractivity contribution in [2.45, 2.75) is 6.92 Å². The highest BCUT2D eigenvalue weighted by Crippen LogP contribution is 2.20. The first-order chi connectivity index (χ1) is 15.1. The van der Waals surface area contributed by atoms with Crippen LogP contribution in [0.25, 0.3) is 5.70 Å². The molecule has 3 rings (SSSR count). The fraction of sp³-hybridized carbons (Fsp3) is 0.375. The van der Waals surface area contributed by atoms with Crippen molar-refractivity contribution in [3.8, 4) is 0 Å². The van der Waals surface area contributed by atoms with Gasteiger partial charge in [0, 0.05) is 51.2 Å². The van der Waals surface area contributed by atoms with Gasteiger partial charge in [0.2, 0.25) is 0 Å². The summed E-state index contributed by atoms with van der Waals surface area (Å²) in [6.07, 6.45) is 7.63. The SMILES string of the molecule is C=C(/N=C\C=C/C)N1CCN(/C(N)=C(/C=C(\N)c2ccccc2)N2CCOCC2)CC1. The molecule has 0 bridgehead atoms. The fourth-order valence-corrected chi connectivity index (χ4v) is 3.66. The maximum atomic E-state index is 6.71. The Kier molecular flexibility index (Phi) is 8.18. The number of ether oxygens (including phenoxy) is 1. The summed E-state index contributed by atoms with van der Waals surface area (Å²) in [5, 5.41) is 0. The van der Waals surface area contributed by atoms with Crippen LogP contribution in [0.15, 0.2) is 77.5 Å². The van der Waals surface area contributed by atoms with Crippen molar-refractivity contribution in [3.05, 3.63) is 78.0 Å². The highest BCUT2D eigenvalue weighted by atomic mass is 16.5. The average molecular weight is 423 g/mol. The average Bonchev–Trinajstić information content (AvgIpc) is 2.83. The van der Waals surface area contributed by atoms with E-state index >= 15 is 0 Å². The summed E-state index contributed by atoms with van der Waals surface area (Å²) in [5.41, 5.74) is 15.8. The molecule has 0 spiro atoms. The molecule has 0 atom stereocenters. The van der Waals surface area contributed by atoms with Crippen molar-refractivity contribution in [2.24, 2.45) is 16.5 Å². The van der Waals surface area contributed by atoms with Crippen LogP contribution in [0.2, 0.25) is 0 Å². The number of nitrogens with zero attached hydrogens (tertiary/aromatic N) is 4.